The first-order valence-corrected chi connectivity index (χ1v) is 8.28. The molecule has 1 aromatic rings. The highest BCUT2D eigenvalue weighted by atomic mass is 32.2. The fourth-order valence-electron chi connectivity index (χ4n) is 1.26. The Morgan fingerprint density at radius 3 is 2.56 bits per heavy atom. The molecule has 2 N–H and O–H groups in total. The van der Waals surface area contributed by atoms with Crippen molar-refractivity contribution in [1.29, 1.82) is 0 Å². The van der Waals surface area contributed by atoms with Gasteiger partial charge in [0.15, 0.2) is 0 Å². The topological polar surface area (TPSA) is 71.1 Å². The summed E-state index contributed by atoms with van der Waals surface area (Å²) >= 11 is 1.66. The summed E-state index contributed by atoms with van der Waals surface area (Å²) in [7, 11) is -1.69. The number of rotatable bonds is 6. The highest BCUT2D eigenvalue weighted by molar-refractivity contribution is 7.89. The van der Waals surface area contributed by atoms with Gasteiger partial charge in [0.05, 0.1) is 10.8 Å². The molecular formula is C11H21N3O2S2. The van der Waals surface area contributed by atoms with E-state index >= 15 is 0 Å². The minimum Gasteiger partial charge on any atom is -0.311 e. The van der Waals surface area contributed by atoms with E-state index in [0.717, 1.165) is 9.88 Å². The van der Waals surface area contributed by atoms with Crippen LogP contribution in [0.1, 0.15) is 30.7 Å². The predicted molar refractivity (Wildman–Crippen MR) is 75.4 cm³/mol. The molecule has 18 heavy (non-hydrogen) atoms. The van der Waals surface area contributed by atoms with E-state index in [4.69, 9.17) is 0 Å². The number of hydrogen-bond acceptors (Lipinski definition) is 5. The molecule has 5 nitrogen and oxygen atoms in total. The van der Waals surface area contributed by atoms with Crippen LogP contribution in [0, 0.1) is 0 Å². The summed E-state index contributed by atoms with van der Waals surface area (Å²) in [5.74, 6) is 0.0917. The SMILES string of the molecule is CNS(=O)(=O)CCNCc1cnc(C(C)(C)C)s1. The van der Waals surface area contributed by atoms with E-state index in [1.165, 1.54) is 7.05 Å². The quantitative estimate of drug-likeness (QED) is 0.769. The van der Waals surface area contributed by atoms with Crippen LogP contribution in [0.2, 0.25) is 0 Å². The fraction of sp³-hybridized carbons (Fsp3) is 0.727. The predicted octanol–water partition coefficient (Wildman–Crippen LogP) is 1.08. The van der Waals surface area contributed by atoms with Gasteiger partial charge < -0.3 is 5.32 Å². The molecule has 0 saturated carbocycles. The minimum absolute atomic E-state index is 0.0678. The first kappa shape index (κ1) is 15.6. The molecule has 0 aliphatic heterocycles. The summed E-state index contributed by atoms with van der Waals surface area (Å²) < 4.78 is 24.7. The Bertz CT molecular complexity index is 475. The van der Waals surface area contributed by atoms with Crippen LogP contribution in [0.5, 0.6) is 0 Å². The summed E-state index contributed by atoms with van der Waals surface area (Å²) in [6, 6.07) is 0. The number of sulfonamides is 1. The zero-order valence-electron chi connectivity index (χ0n) is 11.3. The summed E-state index contributed by atoms with van der Waals surface area (Å²) in [5, 5.41) is 4.21. The van der Waals surface area contributed by atoms with Gasteiger partial charge in [-0.15, -0.1) is 11.3 Å². The molecule has 0 unspecified atom stereocenters. The first-order chi connectivity index (χ1) is 8.24. The van der Waals surface area contributed by atoms with Crippen molar-refractivity contribution in [3.8, 4) is 0 Å². The maximum absolute atomic E-state index is 11.2. The molecule has 0 bridgehead atoms. The van der Waals surface area contributed by atoms with Gasteiger partial charge in [0.2, 0.25) is 10.0 Å². The van der Waals surface area contributed by atoms with Crippen molar-refractivity contribution in [3.63, 3.8) is 0 Å². The van der Waals surface area contributed by atoms with Crippen molar-refractivity contribution in [3.05, 3.63) is 16.1 Å². The van der Waals surface area contributed by atoms with Gasteiger partial charge >= 0.3 is 0 Å². The van der Waals surface area contributed by atoms with Gasteiger partial charge in [-0.3, -0.25) is 0 Å². The standard InChI is InChI=1S/C11H21N3O2S2/c1-11(2,3)10-14-8-9(17-10)7-13-5-6-18(15,16)12-4/h8,12-13H,5-7H2,1-4H3. The minimum atomic E-state index is -3.12. The molecule has 0 amide bonds. The van der Waals surface area contributed by atoms with Crippen LogP contribution in [0.4, 0.5) is 0 Å². The smallest absolute Gasteiger partial charge is 0.212 e. The molecule has 0 fully saturated rings. The van der Waals surface area contributed by atoms with Crippen LogP contribution in [-0.4, -0.2) is 32.7 Å². The van der Waals surface area contributed by atoms with Crippen molar-refractivity contribution in [2.24, 2.45) is 0 Å². The highest BCUT2D eigenvalue weighted by Gasteiger charge is 2.17. The Hall–Kier alpha value is -0.500. The summed E-state index contributed by atoms with van der Waals surface area (Å²) in [6.45, 7) is 7.48. The molecule has 1 aromatic heterocycles. The zero-order chi connectivity index (χ0) is 13.8. The van der Waals surface area contributed by atoms with Crippen LogP contribution in [0.25, 0.3) is 0 Å². The van der Waals surface area contributed by atoms with Crippen molar-refractivity contribution in [2.75, 3.05) is 19.3 Å². The highest BCUT2D eigenvalue weighted by Crippen LogP contribution is 2.26. The summed E-state index contributed by atoms with van der Waals surface area (Å²) in [6.07, 6.45) is 1.85. The van der Waals surface area contributed by atoms with Gasteiger partial charge in [0.1, 0.15) is 0 Å². The molecule has 0 spiro atoms. The second-order valence-corrected chi connectivity index (χ2v) is 8.24. The maximum Gasteiger partial charge on any atom is 0.212 e. The molecule has 0 saturated heterocycles. The number of hydrogen-bond donors (Lipinski definition) is 2. The lowest BCUT2D eigenvalue weighted by Crippen LogP contribution is -2.29. The third-order valence-corrected chi connectivity index (χ3v) is 5.14. The molecule has 0 radical (unpaired) electrons. The number of nitrogens with zero attached hydrogens (tertiary/aromatic N) is 1. The number of aromatic nitrogens is 1. The van der Waals surface area contributed by atoms with Crippen molar-refractivity contribution in [1.82, 2.24) is 15.0 Å². The molecule has 1 heterocycles. The Morgan fingerprint density at radius 1 is 1.39 bits per heavy atom. The van der Waals surface area contributed by atoms with E-state index < -0.39 is 10.0 Å². The van der Waals surface area contributed by atoms with Gasteiger partial charge in [-0.05, 0) is 7.05 Å². The van der Waals surface area contributed by atoms with E-state index in [0.29, 0.717) is 13.1 Å². The third-order valence-electron chi connectivity index (χ3n) is 2.35. The van der Waals surface area contributed by atoms with E-state index in [1.807, 2.05) is 6.20 Å². The zero-order valence-corrected chi connectivity index (χ0v) is 12.9. The molecule has 0 atom stereocenters. The van der Waals surface area contributed by atoms with Gasteiger partial charge in [0.25, 0.3) is 0 Å². The largest absolute Gasteiger partial charge is 0.311 e. The lowest BCUT2D eigenvalue weighted by Gasteiger charge is -2.13. The van der Waals surface area contributed by atoms with Crippen molar-refractivity contribution in [2.45, 2.75) is 32.7 Å². The average Bonchev–Trinajstić information content (AvgIpc) is 2.73. The third kappa shape index (κ3) is 5.01. The fourth-order valence-corrected chi connectivity index (χ4v) is 2.81. The average molecular weight is 291 g/mol. The molecule has 7 heteroatoms. The van der Waals surface area contributed by atoms with Crippen LogP contribution in [0.3, 0.4) is 0 Å². The van der Waals surface area contributed by atoms with Crippen LogP contribution in [0.15, 0.2) is 6.20 Å². The molecule has 104 valence electrons. The van der Waals surface area contributed by atoms with E-state index in [2.05, 4.69) is 35.8 Å². The van der Waals surface area contributed by atoms with Gasteiger partial charge in [0, 0.05) is 29.6 Å². The Kier molecular flexibility index (Phi) is 5.27. The van der Waals surface area contributed by atoms with Crippen LogP contribution < -0.4 is 10.0 Å². The van der Waals surface area contributed by atoms with Crippen molar-refractivity contribution >= 4 is 21.4 Å². The second kappa shape index (κ2) is 6.10. The lowest BCUT2D eigenvalue weighted by molar-refractivity contribution is 0.583. The Balaban J connectivity index is 2.39. The monoisotopic (exact) mass is 291 g/mol. The van der Waals surface area contributed by atoms with Gasteiger partial charge in [-0.25, -0.2) is 18.1 Å². The van der Waals surface area contributed by atoms with Gasteiger partial charge in [-0.2, -0.15) is 0 Å². The van der Waals surface area contributed by atoms with Crippen LogP contribution in [-0.2, 0) is 22.0 Å². The number of thiazole rings is 1. The Morgan fingerprint density at radius 2 is 2.06 bits per heavy atom. The maximum atomic E-state index is 11.2. The molecule has 1 rings (SSSR count). The lowest BCUT2D eigenvalue weighted by atomic mass is 9.98. The van der Waals surface area contributed by atoms with E-state index in [9.17, 15) is 8.42 Å². The van der Waals surface area contributed by atoms with E-state index in [1.54, 1.807) is 11.3 Å². The molecule has 0 aliphatic rings. The summed E-state index contributed by atoms with van der Waals surface area (Å²) in [5.41, 5.74) is 0.0678. The first-order valence-electron chi connectivity index (χ1n) is 5.82. The normalized spacial score (nSPS) is 12.9. The Labute approximate surface area is 113 Å². The molecule has 0 aromatic carbocycles. The molecule has 0 aliphatic carbocycles. The van der Waals surface area contributed by atoms with Crippen molar-refractivity contribution < 1.29 is 8.42 Å². The number of nitrogens with one attached hydrogen (secondary N) is 2. The van der Waals surface area contributed by atoms with Gasteiger partial charge in [-0.1, -0.05) is 20.8 Å². The summed E-state index contributed by atoms with van der Waals surface area (Å²) in [4.78, 5) is 5.51. The van der Waals surface area contributed by atoms with Crippen LogP contribution >= 0.6 is 11.3 Å². The van der Waals surface area contributed by atoms with E-state index in [-0.39, 0.29) is 11.2 Å². The molecular weight excluding hydrogens is 270 g/mol. The second-order valence-electron chi connectivity index (χ2n) is 5.08.